The van der Waals surface area contributed by atoms with Gasteiger partial charge in [0.2, 0.25) is 0 Å². The van der Waals surface area contributed by atoms with Gasteiger partial charge in [0.15, 0.2) is 0 Å². The van der Waals surface area contributed by atoms with Crippen molar-refractivity contribution in [3.8, 4) is 0 Å². The predicted molar refractivity (Wildman–Crippen MR) is 143 cm³/mol. The van der Waals surface area contributed by atoms with Crippen LogP contribution in [0.2, 0.25) is 0 Å². The van der Waals surface area contributed by atoms with Gasteiger partial charge >= 0.3 is 28.4 Å². The molecule has 4 fully saturated rings. The number of halogens is 2. The molecule has 4 aliphatic carbocycles. The molecule has 4 aromatic carbocycles. The Morgan fingerprint density at radius 1 is 0.583 bits per heavy atom. The van der Waals surface area contributed by atoms with Gasteiger partial charge in [-0.3, -0.25) is 0 Å². The molecule has 0 aromatic heterocycles. The molecule has 0 saturated heterocycles. The third kappa shape index (κ3) is 5.15. The summed E-state index contributed by atoms with van der Waals surface area (Å²) in [6.45, 7) is 0. The molecule has 8 rings (SSSR count). The summed E-state index contributed by atoms with van der Waals surface area (Å²) < 4.78 is 3.34. The summed E-state index contributed by atoms with van der Waals surface area (Å²) in [6, 6.07) is 27.1. The number of rotatable bonds is 2. The summed E-state index contributed by atoms with van der Waals surface area (Å²) in [4.78, 5) is 0. The van der Waals surface area contributed by atoms with Crippen molar-refractivity contribution in [2.24, 2.45) is 23.7 Å². The predicted octanol–water partition coefficient (Wildman–Crippen LogP) is 2.90. The first kappa shape index (κ1) is 28.0. The van der Waals surface area contributed by atoms with E-state index in [0.717, 1.165) is 35.5 Å². The second-order valence-corrected chi connectivity index (χ2v) is 11.3. The molecule has 0 N–H and O–H groups in total. The molecule has 3 heteroatoms. The molecular weight excluding hydrogens is 558 g/mol. The minimum absolute atomic E-state index is 0. The van der Waals surface area contributed by atoms with E-state index in [9.17, 15) is 0 Å². The van der Waals surface area contributed by atoms with Crippen LogP contribution in [0.5, 0.6) is 0 Å². The van der Waals surface area contributed by atoms with Gasteiger partial charge in [-0.05, 0) is 36.5 Å². The van der Waals surface area contributed by atoms with Crippen LogP contribution in [0.3, 0.4) is 0 Å². The summed E-state index contributed by atoms with van der Waals surface area (Å²) >= 11 is 1.30. The molecule has 0 aliphatic heterocycles. The van der Waals surface area contributed by atoms with Gasteiger partial charge in [0, 0.05) is 0 Å². The average molecular weight is 595 g/mol. The Morgan fingerprint density at radius 3 is 1.36 bits per heavy atom. The van der Waals surface area contributed by atoms with E-state index < -0.39 is 0 Å². The van der Waals surface area contributed by atoms with Crippen LogP contribution in [0.1, 0.15) is 74.3 Å². The molecule has 188 valence electrons. The molecular formula is C33H36Cl2Zr-2. The van der Waals surface area contributed by atoms with Crippen LogP contribution in [0.4, 0.5) is 0 Å². The van der Waals surface area contributed by atoms with Crippen LogP contribution in [-0.4, -0.2) is 4.21 Å². The molecule has 4 saturated carbocycles. The van der Waals surface area contributed by atoms with Crippen LogP contribution in [0.15, 0.2) is 72.8 Å². The SMILES string of the molecule is [CH2]=[Zr+2].[Cl-].[Cl-].c1ccc2c(C3CC4CCC3C4)c[cH-]c2c1.c1ccc2c(C3CC4CCC3C4)c[cH-]c2c1. The van der Waals surface area contributed by atoms with Crippen molar-refractivity contribution >= 4 is 25.8 Å². The first-order valence-corrected chi connectivity index (χ1v) is 15.2. The minimum atomic E-state index is 0. The number of fused-ring (bicyclic) bond motifs is 6. The van der Waals surface area contributed by atoms with Gasteiger partial charge in [-0.15, -0.1) is 82.2 Å². The Bertz CT molecular complexity index is 1170. The summed E-state index contributed by atoms with van der Waals surface area (Å²) in [5, 5.41) is 5.89. The fraction of sp³-hybridized carbons (Fsp3) is 0.424. The van der Waals surface area contributed by atoms with Crippen LogP contribution in [0, 0.1) is 23.7 Å². The number of hydrogen-bond donors (Lipinski definition) is 0. The van der Waals surface area contributed by atoms with E-state index in [1.165, 1.54) is 97.1 Å². The molecule has 36 heavy (non-hydrogen) atoms. The zero-order chi connectivity index (χ0) is 23.1. The molecule has 0 spiro atoms. The molecule has 6 unspecified atom stereocenters. The van der Waals surface area contributed by atoms with Crippen molar-refractivity contribution in [3.63, 3.8) is 0 Å². The second-order valence-electron chi connectivity index (χ2n) is 11.3. The van der Waals surface area contributed by atoms with Crippen molar-refractivity contribution in [2.45, 2.75) is 63.2 Å². The van der Waals surface area contributed by atoms with Gasteiger partial charge in [-0.2, -0.15) is 11.1 Å². The van der Waals surface area contributed by atoms with E-state index in [0.29, 0.717) is 0 Å². The third-order valence-electron chi connectivity index (χ3n) is 9.70. The summed E-state index contributed by atoms with van der Waals surface area (Å²) in [6.07, 6.45) is 11.9. The van der Waals surface area contributed by atoms with Crippen LogP contribution in [-0.2, 0) is 24.2 Å². The average Bonchev–Trinajstić information content (AvgIpc) is 3.74. The van der Waals surface area contributed by atoms with Gasteiger partial charge in [0.1, 0.15) is 0 Å². The Balaban J connectivity index is 0.000000150. The molecule has 0 heterocycles. The molecule has 0 amide bonds. The first-order chi connectivity index (χ1) is 16.8. The summed E-state index contributed by atoms with van der Waals surface area (Å²) in [5.74, 6) is 5.83. The van der Waals surface area contributed by atoms with Crippen molar-refractivity contribution in [3.05, 3.63) is 83.9 Å². The van der Waals surface area contributed by atoms with Crippen molar-refractivity contribution < 1.29 is 49.0 Å². The third-order valence-corrected chi connectivity index (χ3v) is 9.70. The monoisotopic (exact) mass is 592 g/mol. The smallest absolute Gasteiger partial charge is 0.0413 e. The maximum Gasteiger partial charge on any atom is -0.0413 e. The van der Waals surface area contributed by atoms with E-state index >= 15 is 0 Å². The topological polar surface area (TPSA) is 0 Å². The van der Waals surface area contributed by atoms with Gasteiger partial charge in [0.05, 0.1) is 0 Å². The Morgan fingerprint density at radius 2 is 1.00 bits per heavy atom. The minimum Gasteiger partial charge on any atom is -1.00 e. The molecule has 0 nitrogen and oxygen atoms in total. The number of benzene rings is 2. The molecule has 4 aromatic rings. The Labute approximate surface area is 244 Å². The second kappa shape index (κ2) is 12.2. The Hall–Kier alpha value is -1.01. The van der Waals surface area contributed by atoms with Crippen molar-refractivity contribution in [1.82, 2.24) is 0 Å². The first-order valence-electron chi connectivity index (χ1n) is 13.5. The van der Waals surface area contributed by atoms with Crippen LogP contribution in [0.25, 0.3) is 21.5 Å². The van der Waals surface area contributed by atoms with Gasteiger partial charge < -0.3 is 24.8 Å². The largest absolute Gasteiger partial charge is 1.00 e. The number of hydrogen-bond acceptors (Lipinski definition) is 0. The summed E-state index contributed by atoms with van der Waals surface area (Å²) in [5.41, 5.74) is 3.28. The molecule has 0 radical (unpaired) electrons. The maximum atomic E-state index is 3.34. The van der Waals surface area contributed by atoms with Crippen molar-refractivity contribution in [2.75, 3.05) is 0 Å². The van der Waals surface area contributed by atoms with E-state index in [1.54, 1.807) is 11.1 Å². The quantitative estimate of drug-likeness (QED) is 0.314. The van der Waals surface area contributed by atoms with E-state index in [2.05, 4.69) is 77.0 Å². The summed E-state index contributed by atoms with van der Waals surface area (Å²) in [7, 11) is 0. The van der Waals surface area contributed by atoms with Crippen LogP contribution >= 0.6 is 0 Å². The zero-order valence-electron chi connectivity index (χ0n) is 21.0. The molecule has 4 aliphatic rings. The van der Waals surface area contributed by atoms with Crippen LogP contribution < -0.4 is 24.8 Å². The van der Waals surface area contributed by atoms with E-state index in [4.69, 9.17) is 0 Å². The van der Waals surface area contributed by atoms with E-state index in [1.807, 2.05) is 0 Å². The van der Waals surface area contributed by atoms with Gasteiger partial charge in [-0.1, -0.05) is 62.5 Å². The molecule has 4 bridgehead atoms. The molecule has 6 atom stereocenters. The van der Waals surface area contributed by atoms with Gasteiger partial charge in [-0.25, -0.2) is 0 Å². The van der Waals surface area contributed by atoms with Gasteiger partial charge in [0.25, 0.3) is 0 Å². The normalized spacial score (nSPS) is 29.2. The zero-order valence-corrected chi connectivity index (χ0v) is 25.0. The maximum absolute atomic E-state index is 3.34. The Kier molecular flexibility index (Phi) is 9.52. The van der Waals surface area contributed by atoms with E-state index in [-0.39, 0.29) is 24.8 Å². The fourth-order valence-corrected chi connectivity index (χ4v) is 8.25. The standard InChI is InChI=1S/2C16H17.CH2.2ClH.Zr/c2*1-2-4-14-12(3-1)7-8-15(14)16-10-11-5-6-13(16)9-11;;;;/h2*1-4,7-8,11,13,16H,5-6,9-10H2;1H2;2*1H;/q2*-1;;;;+2/p-2. The van der Waals surface area contributed by atoms with Crippen molar-refractivity contribution in [1.29, 1.82) is 0 Å². The fourth-order valence-electron chi connectivity index (χ4n) is 8.25.